The molecule has 1 aromatic carbocycles. The molecular weight excluding hydrogens is 406 g/mol. The van der Waals surface area contributed by atoms with Crippen LogP contribution in [0.4, 0.5) is 5.69 Å². The normalized spacial score (nSPS) is 11.4. The van der Waals surface area contributed by atoms with Gasteiger partial charge in [-0.2, -0.15) is 0 Å². The first-order valence-electron chi connectivity index (χ1n) is 9.77. The molecule has 0 bridgehead atoms. The number of hydrogen-bond donors (Lipinski definition) is 2. The molecule has 0 radical (unpaired) electrons. The van der Waals surface area contributed by atoms with Crippen LogP contribution in [0.3, 0.4) is 0 Å². The van der Waals surface area contributed by atoms with E-state index in [4.69, 9.17) is 4.74 Å². The topological polar surface area (TPSA) is 106 Å². The highest BCUT2D eigenvalue weighted by atomic mass is 32.2. The second kappa shape index (κ2) is 9.44. The zero-order chi connectivity index (χ0) is 22.6. The van der Waals surface area contributed by atoms with E-state index in [0.29, 0.717) is 23.6 Å². The average molecular weight is 436 g/mol. The third-order valence-electron chi connectivity index (χ3n) is 5.09. The zero-order valence-corrected chi connectivity index (χ0v) is 19.1. The molecule has 0 saturated heterocycles. The van der Waals surface area contributed by atoms with Gasteiger partial charge in [0.05, 0.1) is 13.2 Å². The zero-order valence-electron chi connectivity index (χ0n) is 18.3. The Morgan fingerprint density at radius 3 is 2.33 bits per heavy atom. The lowest BCUT2D eigenvalue weighted by Crippen LogP contribution is -2.34. The standard InChI is InChI=1S/C21H29N3O5S/c1-7-24-15(5)19(21(26)29-8-2)20(16(24)6)30(27,28)22-12-18(25)23-17-11-9-10-13(3)14(17)4/h9-11,22H,7-8,12H2,1-6H3,(H,23,25). The molecule has 0 fully saturated rings. The molecule has 0 aliphatic carbocycles. The van der Waals surface area contributed by atoms with E-state index in [-0.39, 0.29) is 17.1 Å². The largest absolute Gasteiger partial charge is 0.462 e. The number of nitrogens with zero attached hydrogens (tertiary/aromatic N) is 1. The molecule has 0 saturated carbocycles. The molecule has 2 aromatic rings. The Bertz CT molecular complexity index is 1070. The van der Waals surface area contributed by atoms with Gasteiger partial charge in [-0.15, -0.1) is 0 Å². The number of benzene rings is 1. The minimum atomic E-state index is -4.13. The molecule has 30 heavy (non-hydrogen) atoms. The number of rotatable bonds is 8. The van der Waals surface area contributed by atoms with Crippen molar-refractivity contribution in [2.24, 2.45) is 0 Å². The van der Waals surface area contributed by atoms with Gasteiger partial charge in [0.2, 0.25) is 15.9 Å². The van der Waals surface area contributed by atoms with Gasteiger partial charge in [-0.3, -0.25) is 4.79 Å². The Hall–Kier alpha value is -2.65. The van der Waals surface area contributed by atoms with E-state index in [9.17, 15) is 18.0 Å². The Morgan fingerprint density at radius 1 is 1.07 bits per heavy atom. The summed E-state index contributed by atoms with van der Waals surface area (Å²) in [6.07, 6.45) is 0. The summed E-state index contributed by atoms with van der Waals surface area (Å²) >= 11 is 0. The van der Waals surface area contributed by atoms with Gasteiger partial charge in [-0.25, -0.2) is 17.9 Å². The van der Waals surface area contributed by atoms with Gasteiger partial charge in [0.25, 0.3) is 0 Å². The summed E-state index contributed by atoms with van der Waals surface area (Å²) < 4.78 is 35.2. The maximum Gasteiger partial charge on any atom is 0.341 e. The Kier molecular flexibility index (Phi) is 7.44. The van der Waals surface area contributed by atoms with Gasteiger partial charge >= 0.3 is 5.97 Å². The monoisotopic (exact) mass is 435 g/mol. The van der Waals surface area contributed by atoms with Crippen LogP contribution in [0, 0.1) is 27.7 Å². The molecule has 1 amide bonds. The Morgan fingerprint density at radius 2 is 1.73 bits per heavy atom. The van der Waals surface area contributed by atoms with Crippen molar-refractivity contribution in [3.63, 3.8) is 0 Å². The maximum absolute atomic E-state index is 13.0. The molecule has 8 nitrogen and oxygen atoms in total. The molecule has 9 heteroatoms. The average Bonchev–Trinajstić information content (AvgIpc) is 2.94. The minimum Gasteiger partial charge on any atom is -0.462 e. The molecule has 2 N–H and O–H groups in total. The van der Waals surface area contributed by atoms with Gasteiger partial charge in [0.1, 0.15) is 10.5 Å². The fourth-order valence-corrected chi connectivity index (χ4v) is 4.88. The second-order valence-electron chi connectivity index (χ2n) is 6.96. The quantitative estimate of drug-likeness (QED) is 0.620. The maximum atomic E-state index is 13.0. The molecule has 0 unspecified atom stereocenters. The summed E-state index contributed by atoms with van der Waals surface area (Å²) in [5, 5.41) is 2.71. The van der Waals surface area contributed by atoms with Crippen molar-refractivity contribution in [3.05, 3.63) is 46.3 Å². The summed E-state index contributed by atoms with van der Waals surface area (Å²) in [7, 11) is -4.13. The van der Waals surface area contributed by atoms with Crippen LogP contribution in [-0.4, -0.2) is 38.0 Å². The lowest BCUT2D eigenvalue weighted by atomic mass is 10.1. The first kappa shape index (κ1) is 23.6. The molecule has 1 aromatic heterocycles. The number of amides is 1. The highest BCUT2D eigenvalue weighted by molar-refractivity contribution is 7.89. The fraction of sp³-hybridized carbons (Fsp3) is 0.429. The first-order valence-corrected chi connectivity index (χ1v) is 11.3. The van der Waals surface area contributed by atoms with Gasteiger partial charge in [0.15, 0.2) is 0 Å². The molecule has 0 aliphatic heterocycles. The van der Waals surface area contributed by atoms with Gasteiger partial charge in [-0.1, -0.05) is 12.1 Å². The number of carbonyl (C=O) groups excluding carboxylic acids is 2. The first-order chi connectivity index (χ1) is 14.0. The lowest BCUT2D eigenvalue weighted by molar-refractivity contribution is -0.115. The van der Waals surface area contributed by atoms with Crippen molar-refractivity contribution in [2.75, 3.05) is 18.5 Å². The number of esters is 1. The lowest BCUT2D eigenvalue weighted by Gasteiger charge is -2.12. The SMILES string of the molecule is CCOC(=O)c1c(S(=O)(=O)NCC(=O)Nc2cccc(C)c2C)c(C)n(CC)c1C. The van der Waals surface area contributed by atoms with Crippen LogP contribution in [0.2, 0.25) is 0 Å². The fourth-order valence-electron chi connectivity index (χ4n) is 3.41. The Balaban J connectivity index is 2.30. The van der Waals surface area contributed by atoms with Gasteiger partial charge < -0.3 is 14.6 Å². The van der Waals surface area contributed by atoms with E-state index in [1.807, 2.05) is 32.9 Å². The second-order valence-corrected chi connectivity index (χ2v) is 8.66. The summed E-state index contributed by atoms with van der Waals surface area (Å²) in [6, 6.07) is 5.49. The molecule has 1 heterocycles. The van der Waals surface area contributed by atoms with Crippen molar-refractivity contribution in [1.29, 1.82) is 0 Å². The van der Waals surface area contributed by atoms with Crippen LogP contribution in [0.1, 0.15) is 46.7 Å². The number of nitrogens with one attached hydrogen (secondary N) is 2. The number of anilines is 1. The van der Waals surface area contributed by atoms with E-state index in [1.54, 1.807) is 31.4 Å². The van der Waals surface area contributed by atoms with Crippen molar-refractivity contribution in [1.82, 2.24) is 9.29 Å². The number of carbonyl (C=O) groups is 2. The van der Waals surface area contributed by atoms with Crippen LogP contribution in [0.25, 0.3) is 0 Å². The van der Waals surface area contributed by atoms with Crippen LogP contribution in [-0.2, 0) is 26.1 Å². The smallest absolute Gasteiger partial charge is 0.341 e. The van der Waals surface area contributed by atoms with Crippen LogP contribution in [0.15, 0.2) is 23.1 Å². The minimum absolute atomic E-state index is 0.00126. The summed E-state index contributed by atoms with van der Waals surface area (Å²) in [4.78, 5) is 24.7. The van der Waals surface area contributed by atoms with Crippen molar-refractivity contribution < 1.29 is 22.7 Å². The van der Waals surface area contributed by atoms with Crippen molar-refractivity contribution >= 4 is 27.6 Å². The van der Waals surface area contributed by atoms with E-state index >= 15 is 0 Å². The van der Waals surface area contributed by atoms with Crippen LogP contribution >= 0.6 is 0 Å². The van der Waals surface area contributed by atoms with Gasteiger partial charge in [0, 0.05) is 23.6 Å². The highest BCUT2D eigenvalue weighted by Gasteiger charge is 2.32. The third kappa shape index (κ3) is 4.73. The molecule has 0 spiro atoms. The molecule has 0 aliphatic rings. The van der Waals surface area contributed by atoms with Crippen molar-refractivity contribution in [2.45, 2.75) is 53.0 Å². The summed E-state index contributed by atoms with van der Waals surface area (Å²) in [5.74, 6) is -1.21. The van der Waals surface area contributed by atoms with E-state index in [2.05, 4.69) is 10.0 Å². The molecular formula is C21H29N3O5S. The molecule has 164 valence electrons. The van der Waals surface area contributed by atoms with E-state index < -0.39 is 28.4 Å². The summed E-state index contributed by atoms with van der Waals surface area (Å²) in [5.41, 5.74) is 3.47. The summed E-state index contributed by atoms with van der Waals surface area (Å²) in [6.45, 7) is 10.8. The highest BCUT2D eigenvalue weighted by Crippen LogP contribution is 2.28. The number of aryl methyl sites for hydroxylation is 1. The number of hydrogen-bond acceptors (Lipinski definition) is 5. The van der Waals surface area contributed by atoms with Crippen LogP contribution in [0.5, 0.6) is 0 Å². The number of sulfonamides is 1. The predicted molar refractivity (Wildman–Crippen MR) is 115 cm³/mol. The van der Waals surface area contributed by atoms with Gasteiger partial charge in [-0.05, 0) is 58.7 Å². The van der Waals surface area contributed by atoms with Crippen LogP contribution < -0.4 is 10.0 Å². The molecule has 2 rings (SSSR count). The number of ether oxygens (including phenoxy) is 1. The van der Waals surface area contributed by atoms with E-state index in [0.717, 1.165) is 11.1 Å². The third-order valence-corrected chi connectivity index (χ3v) is 6.65. The molecule has 0 atom stereocenters. The predicted octanol–water partition coefficient (Wildman–Crippen LogP) is 2.84. The van der Waals surface area contributed by atoms with E-state index in [1.165, 1.54) is 0 Å². The van der Waals surface area contributed by atoms with Crippen molar-refractivity contribution in [3.8, 4) is 0 Å². The Labute approximate surface area is 177 Å². The number of aromatic nitrogens is 1.